The van der Waals surface area contributed by atoms with E-state index in [1.165, 1.54) is 24.3 Å². The lowest BCUT2D eigenvalue weighted by Crippen LogP contribution is -2.40. The van der Waals surface area contributed by atoms with Gasteiger partial charge < -0.3 is 29.9 Å². The van der Waals surface area contributed by atoms with Gasteiger partial charge in [-0.25, -0.2) is 0 Å². The number of aliphatic hydroxyl groups is 4. The third kappa shape index (κ3) is 3.28. The zero-order valence-electron chi connectivity index (χ0n) is 10.8. The van der Waals surface area contributed by atoms with E-state index < -0.39 is 42.2 Å². The number of nitro benzene ring substituents is 1. The number of non-ortho nitro benzene ring substituents is 1. The van der Waals surface area contributed by atoms with E-state index in [4.69, 9.17) is 14.6 Å². The number of rotatable bonds is 5. The number of benzene rings is 1. The zero-order valence-corrected chi connectivity index (χ0v) is 10.8. The fourth-order valence-corrected chi connectivity index (χ4v) is 1.97. The Kier molecular flexibility index (Phi) is 4.70. The van der Waals surface area contributed by atoms with Gasteiger partial charge in [-0.3, -0.25) is 10.1 Å². The van der Waals surface area contributed by atoms with Crippen LogP contribution < -0.4 is 4.74 Å². The number of nitro groups is 1. The van der Waals surface area contributed by atoms with Crippen molar-refractivity contribution in [2.24, 2.45) is 0 Å². The molecule has 4 N–H and O–H groups in total. The number of nitrogens with zero attached hydrogens (tertiary/aromatic N) is 1. The zero-order chi connectivity index (χ0) is 15.6. The number of aliphatic hydroxyl groups excluding tert-OH is 4. The number of hydrogen-bond donors (Lipinski definition) is 4. The molecule has 0 aromatic heterocycles. The van der Waals surface area contributed by atoms with Crippen molar-refractivity contribution in [3.05, 3.63) is 34.4 Å². The molecule has 1 saturated heterocycles. The van der Waals surface area contributed by atoms with Crippen molar-refractivity contribution in [3.63, 3.8) is 0 Å². The lowest BCUT2D eigenvalue weighted by molar-refractivity contribution is -0.384. The first-order valence-electron chi connectivity index (χ1n) is 6.15. The Morgan fingerprint density at radius 3 is 2.43 bits per heavy atom. The van der Waals surface area contributed by atoms with Crippen molar-refractivity contribution in [1.82, 2.24) is 0 Å². The second-order valence-corrected chi connectivity index (χ2v) is 4.57. The molecule has 0 saturated carbocycles. The molecule has 1 heterocycles. The van der Waals surface area contributed by atoms with E-state index in [9.17, 15) is 25.4 Å². The summed E-state index contributed by atoms with van der Waals surface area (Å²) in [5.74, 6) is 0.191. The van der Waals surface area contributed by atoms with Crippen LogP contribution in [0.2, 0.25) is 0 Å². The van der Waals surface area contributed by atoms with Gasteiger partial charge in [0.25, 0.3) is 5.69 Å². The van der Waals surface area contributed by atoms with Gasteiger partial charge in [-0.2, -0.15) is 0 Å². The summed E-state index contributed by atoms with van der Waals surface area (Å²) in [6.45, 7) is -0.640. The van der Waals surface area contributed by atoms with Crippen LogP contribution in [0.15, 0.2) is 24.3 Å². The first kappa shape index (κ1) is 15.6. The van der Waals surface area contributed by atoms with Crippen LogP contribution in [0.3, 0.4) is 0 Å². The minimum atomic E-state index is -1.42. The minimum Gasteiger partial charge on any atom is -0.462 e. The second kappa shape index (κ2) is 6.33. The van der Waals surface area contributed by atoms with Gasteiger partial charge in [0.2, 0.25) is 6.29 Å². The molecule has 0 aliphatic carbocycles. The summed E-state index contributed by atoms with van der Waals surface area (Å²) in [4.78, 5) is 9.95. The highest BCUT2D eigenvalue weighted by molar-refractivity contribution is 5.36. The van der Waals surface area contributed by atoms with E-state index in [-0.39, 0.29) is 11.4 Å². The fraction of sp³-hybridized carbons (Fsp3) is 0.500. The standard InChI is InChI=1S/C12H15NO8/c14-5-8(15)11-9(16)10(17)12(21-11)20-7-3-1-6(2-4-7)13(18)19/h1-4,8-12,14-17H,5H2/t8?,9-,10?,11+,12?/m1/s1. The van der Waals surface area contributed by atoms with Gasteiger partial charge in [0.15, 0.2) is 0 Å². The number of hydrogen-bond acceptors (Lipinski definition) is 8. The van der Waals surface area contributed by atoms with Crippen molar-refractivity contribution in [1.29, 1.82) is 0 Å². The third-order valence-electron chi connectivity index (χ3n) is 3.12. The summed E-state index contributed by atoms with van der Waals surface area (Å²) >= 11 is 0. The summed E-state index contributed by atoms with van der Waals surface area (Å²) < 4.78 is 10.4. The predicted octanol–water partition coefficient (Wildman–Crippen LogP) is -1.23. The molecule has 9 heteroatoms. The predicted molar refractivity (Wildman–Crippen MR) is 67.5 cm³/mol. The molecule has 2 rings (SSSR count). The molecular formula is C12H15NO8. The van der Waals surface area contributed by atoms with Gasteiger partial charge in [-0.05, 0) is 12.1 Å². The second-order valence-electron chi connectivity index (χ2n) is 4.57. The van der Waals surface area contributed by atoms with Gasteiger partial charge in [0, 0.05) is 12.1 Å². The maximum Gasteiger partial charge on any atom is 0.269 e. The largest absolute Gasteiger partial charge is 0.462 e. The number of ether oxygens (including phenoxy) is 2. The normalized spacial score (nSPS) is 30.1. The molecule has 21 heavy (non-hydrogen) atoms. The van der Waals surface area contributed by atoms with Crippen molar-refractivity contribution >= 4 is 5.69 Å². The molecule has 9 nitrogen and oxygen atoms in total. The molecule has 5 atom stereocenters. The monoisotopic (exact) mass is 301 g/mol. The summed E-state index contributed by atoms with van der Waals surface area (Å²) in [6.07, 6.45) is -6.65. The van der Waals surface area contributed by atoms with Gasteiger partial charge in [0.05, 0.1) is 11.5 Å². The summed E-state index contributed by atoms with van der Waals surface area (Å²) in [7, 11) is 0. The van der Waals surface area contributed by atoms with Crippen LogP contribution in [-0.2, 0) is 4.74 Å². The van der Waals surface area contributed by atoms with E-state index in [0.717, 1.165) is 0 Å². The Morgan fingerprint density at radius 2 is 1.90 bits per heavy atom. The van der Waals surface area contributed by atoms with Gasteiger partial charge in [0.1, 0.15) is 30.2 Å². The highest BCUT2D eigenvalue weighted by Crippen LogP contribution is 2.27. The lowest BCUT2D eigenvalue weighted by Gasteiger charge is -2.18. The van der Waals surface area contributed by atoms with E-state index in [2.05, 4.69) is 0 Å². The molecule has 1 aliphatic heterocycles. The fourth-order valence-electron chi connectivity index (χ4n) is 1.97. The Morgan fingerprint density at radius 1 is 1.29 bits per heavy atom. The van der Waals surface area contributed by atoms with Crippen molar-refractivity contribution in [2.75, 3.05) is 6.61 Å². The lowest BCUT2D eigenvalue weighted by atomic mass is 10.1. The van der Waals surface area contributed by atoms with Gasteiger partial charge in [-0.1, -0.05) is 0 Å². The first-order chi connectivity index (χ1) is 9.93. The molecule has 1 aromatic rings. The molecule has 0 bridgehead atoms. The Bertz CT molecular complexity index is 493. The van der Waals surface area contributed by atoms with Gasteiger partial charge >= 0.3 is 0 Å². The minimum absolute atomic E-state index is 0.121. The highest BCUT2D eigenvalue weighted by atomic mass is 16.7. The van der Waals surface area contributed by atoms with E-state index in [1.54, 1.807) is 0 Å². The summed E-state index contributed by atoms with van der Waals surface area (Å²) in [5, 5.41) is 48.3. The smallest absolute Gasteiger partial charge is 0.269 e. The molecular weight excluding hydrogens is 286 g/mol. The van der Waals surface area contributed by atoms with Crippen LogP contribution >= 0.6 is 0 Å². The quantitative estimate of drug-likeness (QED) is 0.391. The molecule has 1 fully saturated rings. The average molecular weight is 301 g/mol. The Balaban J connectivity index is 2.04. The molecule has 0 spiro atoms. The van der Waals surface area contributed by atoms with Crippen LogP contribution in [0.4, 0.5) is 5.69 Å². The third-order valence-corrected chi connectivity index (χ3v) is 3.12. The van der Waals surface area contributed by atoms with Crippen molar-refractivity contribution < 1.29 is 34.8 Å². The SMILES string of the molecule is O=[N+]([O-])c1ccc(OC2O[C@@H](C(O)CO)[C@H](O)C2O)cc1. The summed E-state index contributed by atoms with van der Waals surface area (Å²) in [5.41, 5.74) is -0.121. The Hall–Kier alpha value is -1.78. The van der Waals surface area contributed by atoms with E-state index in [0.29, 0.717) is 0 Å². The molecule has 0 amide bonds. The molecule has 0 radical (unpaired) electrons. The topological polar surface area (TPSA) is 143 Å². The van der Waals surface area contributed by atoms with Gasteiger partial charge in [-0.15, -0.1) is 0 Å². The molecule has 116 valence electrons. The van der Waals surface area contributed by atoms with Crippen LogP contribution in [-0.4, -0.2) is 62.7 Å². The maximum atomic E-state index is 10.5. The van der Waals surface area contributed by atoms with Crippen molar-refractivity contribution in [3.8, 4) is 5.75 Å². The molecule has 3 unspecified atom stereocenters. The molecule has 1 aliphatic rings. The van der Waals surface area contributed by atoms with Crippen molar-refractivity contribution in [2.45, 2.75) is 30.7 Å². The average Bonchev–Trinajstić information content (AvgIpc) is 2.75. The highest BCUT2D eigenvalue weighted by Gasteiger charge is 2.47. The maximum absolute atomic E-state index is 10.5. The molecule has 1 aromatic carbocycles. The van der Waals surface area contributed by atoms with Crippen LogP contribution in [0, 0.1) is 10.1 Å². The van der Waals surface area contributed by atoms with Crippen LogP contribution in [0.1, 0.15) is 0 Å². The van der Waals surface area contributed by atoms with E-state index >= 15 is 0 Å². The van der Waals surface area contributed by atoms with Crippen LogP contribution in [0.25, 0.3) is 0 Å². The summed E-state index contributed by atoms with van der Waals surface area (Å²) in [6, 6.07) is 5.06. The first-order valence-corrected chi connectivity index (χ1v) is 6.15. The van der Waals surface area contributed by atoms with E-state index in [1.807, 2.05) is 0 Å². The van der Waals surface area contributed by atoms with Crippen LogP contribution in [0.5, 0.6) is 5.75 Å². The Labute approximate surface area is 119 Å².